The van der Waals surface area contributed by atoms with Crippen molar-refractivity contribution in [3.05, 3.63) is 42.0 Å². The standard InChI is InChI=1S/C17H24N4O2/c1-4-21-17(18-12-19-21)13(2)20-16(22)7-5-6-14-8-10-15(23-3)11-9-14/h8-13H,4-7H2,1-3H3,(H,20,22)/t13-/m0/s1. The summed E-state index contributed by atoms with van der Waals surface area (Å²) in [4.78, 5) is 16.3. The van der Waals surface area contributed by atoms with Gasteiger partial charge in [-0.15, -0.1) is 0 Å². The van der Waals surface area contributed by atoms with Crippen molar-refractivity contribution in [1.29, 1.82) is 0 Å². The van der Waals surface area contributed by atoms with Crippen LogP contribution in [0.15, 0.2) is 30.6 Å². The van der Waals surface area contributed by atoms with Crippen molar-refractivity contribution < 1.29 is 9.53 Å². The third kappa shape index (κ3) is 4.81. The first-order valence-corrected chi connectivity index (χ1v) is 7.94. The van der Waals surface area contributed by atoms with Crippen molar-refractivity contribution in [2.45, 2.75) is 45.7 Å². The fourth-order valence-electron chi connectivity index (χ4n) is 2.48. The molecule has 0 aliphatic heterocycles. The highest BCUT2D eigenvalue weighted by atomic mass is 16.5. The van der Waals surface area contributed by atoms with Gasteiger partial charge in [0.2, 0.25) is 5.91 Å². The van der Waals surface area contributed by atoms with Gasteiger partial charge in [0.1, 0.15) is 17.9 Å². The predicted octanol–water partition coefficient (Wildman–Crippen LogP) is 2.51. The number of amides is 1. The largest absolute Gasteiger partial charge is 0.497 e. The van der Waals surface area contributed by atoms with Gasteiger partial charge in [-0.1, -0.05) is 12.1 Å². The molecule has 1 aromatic heterocycles. The smallest absolute Gasteiger partial charge is 0.220 e. The van der Waals surface area contributed by atoms with E-state index in [1.165, 1.54) is 11.9 Å². The van der Waals surface area contributed by atoms with Crippen LogP contribution in [0.3, 0.4) is 0 Å². The topological polar surface area (TPSA) is 69.0 Å². The first-order valence-electron chi connectivity index (χ1n) is 7.94. The lowest BCUT2D eigenvalue weighted by molar-refractivity contribution is -0.121. The zero-order chi connectivity index (χ0) is 16.7. The number of nitrogens with one attached hydrogen (secondary N) is 1. The maximum atomic E-state index is 12.1. The van der Waals surface area contributed by atoms with E-state index in [0.717, 1.165) is 31.0 Å². The van der Waals surface area contributed by atoms with Crippen LogP contribution in [0, 0.1) is 0 Å². The van der Waals surface area contributed by atoms with Gasteiger partial charge in [-0.25, -0.2) is 9.67 Å². The van der Waals surface area contributed by atoms with Gasteiger partial charge in [-0.05, 0) is 44.4 Å². The zero-order valence-electron chi connectivity index (χ0n) is 14.0. The fraction of sp³-hybridized carbons (Fsp3) is 0.471. The molecule has 1 atom stereocenters. The molecule has 6 heteroatoms. The first-order chi connectivity index (χ1) is 11.1. The highest BCUT2D eigenvalue weighted by Gasteiger charge is 2.14. The van der Waals surface area contributed by atoms with E-state index in [-0.39, 0.29) is 11.9 Å². The third-order valence-corrected chi connectivity index (χ3v) is 3.74. The molecule has 0 fully saturated rings. The number of aromatic nitrogens is 3. The lowest BCUT2D eigenvalue weighted by Gasteiger charge is -2.14. The molecule has 0 radical (unpaired) electrons. The number of ether oxygens (including phenoxy) is 1. The van der Waals surface area contributed by atoms with E-state index in [1.807, 2.05) is 38.1 Å². The minimum Gasteiger partial charge on any atom is -0.497 e. The number of methoxy groups -OCH3 is 1. The summed E-state index contributed by atoms with van der Waals surface area (Å²) >= 11 is 0. The third-order valence-electron chi connectivity index (χ3n) is 3.74. The summed E-state index contributed by atoms with van der Waals surface area (Å²) in [6, 6.07) is 7.81. The van der Waals surface area contributed by atoms with Gasteiger partial charge in [-0.3, -0.25) is 4.79 Å². The molecular formula is C17H24N4O2. The van der Waals surface area contributed by atoms with E-state index >= 15 is 0 Å². The Bertz CT molecular complexity index is 622. The number of benzene rings is 1. The number of carbonyl (C=O) groups is 1. The molecule has 0 saturated carbocycles. The van der Waals surface area contributed by atoms with Gasteiger partial charge in [0, 0.05) is 13.0 Å². The quantitative estimate of drug-likeness (QED) is 0.812. The van der Waals surface area contributed by atoms with Crippen LogP contribution in [0.2, 0.25) is 0 Å². The summed E-state index contributed by atoms with van der Waals surface area (Å²) in [7, 11) is 1.65. The Labute approximate surface area is 136 Å². The number of carbonyl (C=O) groups excluding carboxylic acids is 1. The van der Waals surface area contributed by atoms with E-state index in [2.05, 4.69) is 15.4 Å². The molecule has 0 unspecified atom stereocenters. The normalized spacial score (nSPS) is 12.0. The van der Waals surface area contributed by atoms with E-state index in [4.69, 9.17) is 4.74 Å². The van der Waals surface area contributed by atoms with Crippen LogP contribution in [0.4, 0.5) is 0 Å². The maximum absolute atomic E-state index is 12.1. The summed E-state index contributed by atoms with van der Waals surface area (Å²) < 4.78 is 6.93. The predicted molar refractivity (Wildman–Crippen MR) is 88.2 cm³/mol. The van der Waals surface area contributed by atoms with Gasteiger partial charge < -0.3 is 10.1 Å². The summed E-state index contributed by atoms with van der Waals surface area (Å²) in [6.07, 6.45) is 3.70. The van der Waals surface area contributed by atoms with E-state index in [0.29, 0.717) is 6.42 Å². The monoisotopic (exact) mass is 316 g/mol. The van der Waals surface area contributed by atoms with Crippen LogP contribution in [-0.2, 0) is 17.8 Å². The Balaban J connectivity index is 1.76. The van der Waals surface area contributed by atoms with Crippen molar-refractivity contribution in [2.24, 2.45) is 0 Å². The molecule has 0 bridgehead atoms. The van der Waals surface area contributed by atoms with Gasteiger partial charge in [0.05, 0.1) is 13.2 Å². The summed E-state index contributed by atoms with van der Waals surface area (Å²) in [6.45, 7) is 4.67. The average molecular weight is 316 g/mol. The number of nitrogens with zero attached hydrogens (tertiary/aromatic N) is 3. The van der Waals surface area contributed by atoms with E-state index in [1.54, 1.807) is 11.8 Å². The zero-order valence-corrected chi connectivity index (χ0v) is 14.0. The summed E-state index contributed by atoms with van der Waals surface area (Å²) in [5.74, 6) is 1.67. The molecule has 0 aliphatic carbocycles. The number of rotatable bonds is 8. The van der Waals surface area contributed by atoms with Crippen LogP contribution in [0.5, 0.6) is 5.75 Å². The molecule has 0 saturated heterocycles. The Morgan fingerprint density at radius 1 is 1.35 bits per heavy atom. The second kappa shape index (κ2) is 8.31. The van der Waals surface area contributed by atoms with E-state index < -0.39 is 0 Å². The van der Waals surface area contributed by atoms with Crippen molar-refractivity contribution in [1.82, 2.24) is 20.1 Å². The van der Waals surface area contributed by atoms with Crippen molar-refractivity contribution in [3.63, 3.8) is 0 Å². The van der Waals surface area contributed by atoms with E-state index in [9.17, 15) is 4.79 Å². The van der Waals surface area contributed by atoms with Gasteiger partial charge in [0.15, 0.2) is 0 Å². The molecule has 1 heterocycles. The van der Waals surface area contributed by atoms with Gasteiger partial charge in [0.25, 0.3) is 0 Å². The first kappa shape index (κ1) is 17.0. The molecule has 2 rings (SSSR count). The SMILES string of the molecule is CCn1ncnc1[C@H](C)NC(=O)CCCc1ccc(OC)cc1. The Morgan fingerprint density at radius 2 is 2.09 bits per heavy atom. The van der Waals surface area contributed by atoms with Gasteiger partial charge >= 0.3 is 0 Å². The lowest BCUT2D eigenvalue weighted by Crippen LogP contribution is -2.28. The Hall–Kier alpha value is -2.37. The molecule has 1 aromatic carbocycles. The maximum Gasteiger partial charge on any atom is 0.220 e. The van der Waals surface area contributed by atoms with Gasteiger partial charge in [-0.2, -0.15) is 5.10 Å². The second-order valence-electron chi connectivity index (χ2n) is 5.42. The molecule has 0 spiro atoms. The molecule has 1 amide bonds. The van der Waals surface area contributed by atoms with Crippen LogP contribution in [-0.4, -0.2) is 27.8 Å². The molecule has 6 nitrogen and oxygen atoms in total. The molecule has 2 aromatic rings. The number of aryl methyl sites for hydroxylation is 2. The second-order valence-corrected chi connectivity index (χ2v) is 5.42. The minimum absolute atomic E-state index is 0.0386. The van der Waals surface area contributed by atoms with Crippen molar-refractivity contribution in [2.75, 3.05) is 7.11 Å². The van der Waals surface area contributed by atoms with Crippen LogP contribution in [0.25, 0.3) is 0 Å². The summed E-state index contributed by atoms with van der Waals surface area (Å²) in [5.41, 5.74) is 1.21. The highest BCUT2D eigenvalue weighted by Crippen LogP contribution is 2.14. The molecule has 124 valence electrons. The summed E-state index contributed by atoms with van der Waals surface area (Å²) in [5, 5.41) is 7.10. The average Bonchev–Trinajstić information content (AvgIpc) is 3.04. The fourth-order valence-corrected chi connectivity index (χ4v) is 2.48. The number of hydrogen-bond donors (Lipinski definition) is 1. The van der Waals surface area contributed by atoms with Crippen LogP contribution < -0.4 is 10.1 Å². The molecular weight excluding hydrogens is 292 g/mol. The lowest BCUT2D eigenvalue weighted by atomic mass is 10.1. The molecule has 23 heavy (non-hydrogen) atoms. The Morgan fingerprint density at radius 3 is 2.74 bits per heavy atom. The number of hydrogen-bond acceptors (Lipinski definition) is 4. The highest BCUT2D eigenvalue weighted by molar-refractivity contribution is 5.76. The van der Waals surface area contributed by atoms with Crippen LogP contribution in [0.1, 0.15) is 44.1 Å². The molecule has 1 N–H and O–H groups in total. The minimum atomic E-state index is -0.133. The van der Waals surface area contributed by atoms with Crippen molar-refractivity contribution in [3.8, 4) is 5.75 Å². The molecule has 0 aliphatic rings. The Kier molecular flexibility index (Phi) is 6.14. The van der Waals surface area contributed by atoms with Crippen molar-refractivity contribution >= 4 is 5.91 Å². The van der Waals surface area contributed by atoms with Crippen LogP contribution >= 0.6 is 0 Å².